The Hall–Kier alpha value is -2.23. The van der Waals surface area contributed by atoms with Crippen LogP contribution in [0.5, 0.6) is 5.88 Å². The third-order valence-corrected chi connectivity index (χ3v) is 6.90. The Balaban J connectivity index is 1.41. The van der Waals surface area contributed by atoms with Gasteiger partial charge in [0, 0.05) is 25.7 Å². The van der Waals surface area contributed by atoms with Gasteiger partial charge in [0.15, 0.2) is 0 Å². The highest BCUT2D eigenvalue weighted by atomic mass is 32.2. The lowest BCUT2D eigenvalue weighted by Crippen LogP contribution is -2.36. The monoisotopic (exact) mass is 404 g/mol. The predicted molar refractivity (Wildman–Crippen MR) is 104 cm³/mol. The molecule has 1 aromatic heterocycles. The normalized spacial score (nSPS) is 21.0. The van der Waals surface area contributed by atoms with Gasteiger partial charge in [-0.15, -0.1) is 0 Å². The molecule has 0 spiro atoms. The molecule has 0 amide bonds. The molecule has 0 saturated carbocycles. The lowest BCUT2D eigenvalue weighted by atomic mass is 10.2. The minimum atomic E-state index is -3.51. The third-order valence-electron chi connectivity index (χ3n) is 5.02. The minimum absolute atomic E-state index is 0.229. The van der Waals surface area contributed by atoms with Crippen LogP contribution in [0.15, 0.2) is 41.6 Å². The van der Waals surface area contributed by atoms with E-state index in [1.54, 1.807) is 12.1 Å². The average molecular weight is 404 g/mol. The summed E-state index contributed by atoms with van der Waals surface area (Å²) in [6.07, 6.45) is 1.88. The molecule has 0 bridgehead atoms. The second-order valence-corrected chi connectivity index (χ2v) is 8.96. The first-order chi connectivity index (χ1) is 13.5. The molecule has 28 heavy (non-hydrogen) atoms. The van der Waals surface area contributed by atoms with Crippen molar-refractivity contribution in [2.24, 2.45) is 0 Å². The Kier molecular flexibility index (Phi) is 5.47. The summed E-state index contributed by atoms with van der Waals surface area (Å²) in [6.45, 7) is 5.59. The van der Waals surface area contributed by atoms with Crippen LogP contribution in [-0.2, 0) is 14.8 Å². The highest BCUT2D eigenvalue weighted by Crippen LogP contribution is 2.25. The van der Waals surface area contributed by atoms with Crippen molar-refractivity contribution in [3.05, 3.63) is 42.2 Å². The summed E-state index contributed by atoms with van der Waals surface area (Å²) < 4.78 is 38.5. The van der Waals surface area contributed by atoms with E-state index in [2.05, 4.69) is 14.9 Å². The number of aromatic nitrogens is 2. The number of aryl methyl sites for hydroxylation is 1. The quantitative estimate of drug-likeness (QED) is 0.746. The predicted octanol–water partition coefficient (Wildman–Crippen LogP) is 1.46. The van der Waals surface area contributed by atoms with Gasteiger partial charge < -0.3 is 14.4 Å². The number of benzene rings is 1. The van der Waals surface area contributed by atoms with Crippen LogP contribution in [0, 0.1) is 6.92 Å². The number of rotatable bonds is 5. The van der Waals surface area contributed by atoms with E-state index >= 15 is 0 Å². The van der Waals surface area contributed by atoms with Crippen molar-refractivity contribution in [2.45, 2.75) is 24.3 Å². The van der Waals surface area contributed by atoms with Crippen LogP contribution in [-0.4, -0.2) is 68.2 Å². The summed E-state index contributed by atoms with van der Waals surface area (Å²) in [4.78, 5) is 10.9. The number of sulfonamides is 1. The Morgan fingerprint density at radius 2 is 1.86 bits per heavy atom. The second kappa shape index (κ2) is 8.02. The van der Waals surface area contributed by atoms with E-state index in [-0.39, 0.29) is 6.10 Å². The Bertz CT molecular complexity index is 914. The number of anilines is 1. The Morgan fingerprint density at radius 3 is 2.61 bits per heavy atom. The Morgan fingerprint density at radius 1 is 1.11 bits per heavy atom. The summed E-state index contributed by atoms with van der Waals surface area (Å²) in [5, 5.41) is 0. The molecule has 2 aromatic rings. The van der Waals surface area contributed by atoms with E-state index in [9.17, 15) is 8.42 Å². The molecule has 2 fully saturated rings. The maximum atomic E-state index is 12.8. The second-order valence-electron chi connectivity index (χ2n) is 7.02. The highest BCUT2D eigenvalue weighted by Gasteiger charge is 2.34. The van der Waals surface area contributed by atoms with E-state index in [0.29, 0.717) is 43.5 Å². The molecule has 2 aliphatic heterocycles. The fourth-order valence-corrected chi connectivity index (χ4v) is 4.89. The number of morpholine rings is 1. The van der Waals surface area contributed by atoms with Gasteiger partial charge in [0.1, 0.15) is 18.2 Å². The van der Waals surface area contributed by atoms with Gasteiger partial charge >= 0.3 is 0 Å². The highest BCUT2D eigenvalue weighted by molar-refractivity contribution is 7.89. The van der Waals surface area contributed by atoms with Crippen molar-refractivity contribution in [3.8, 4) is 5.88 Å². The van der Waals surface area contributed by atoms with Gasteiger partial charge in [-0.3, -0.25) is 0 Å². The maximum absolute atomic E-state index is 12.8. The van der Waals surface area contributed by atoms with Gasteiger partial charge in [0.05, 0.1) is 24.7 Å². The minimum Gasteiger partial charge on any atom is -0.473 e. The molecule has 1 unspecified atom stereocenters. The van der Waals surface area contributed by atoms with Crippen LogP contribution in [0.2, 0.25) is 0 Å². The first-order valence-electron chi connectivity index (χ1n) is 9.40. The molecule has 1 aromatic carbocycles. The molecule has 9 heteroatoms. The van der Waals surface area contributed by atoms with E-state index in [1.807, 2.05) is 25.1 Å². The molecule has 0 aliphatic carbocycles. The number of hydrogen-bond acceptors (Lipinski definition) is 7. The van der Waals surface area contributed by atoms with Crippen LogP contribution in [0.4, 0.5) is 5.82 Å². The van der Waals surface area contributed by atoms with Gasteiger partial charge in [-0.25, -0.2) is 18.4 Å². The van der Waals surface area contributed by atoms with Crippen molar-refractivity contribution in [1.29, 1.82) is 0 Å². The van der Waals surface area contributed by atoms with Crippen LogP contribution in [0.1, 0.15) is 12.0 Å². The molecule has 4 rings (SSSR count). The van der Waals surface area contributed by atoms with Crippen LogP contribution >= 0.6 is 0 Å². The Labute approximate surface area is 165 Å². The SMILES string of the molecule is Cc1ccc(S(=O)(=O)N2CCC(Oc3cc(N4CCOCC4)ncn3)C2)cc1. The van der Waals surface area contributed by atoms with Gasteiger partial charge in [0.25, 0.3) is 0 Å². The summed E-state index contributed by atoms with van der Waals surface area (Å²) >= 11 is 0. The number of hydrogen-bond donors (Lipinski definition) is 0. The number of ether oxygens (including phenoxy) is 2. The first-order valence-corrected chi connectivity index (χ1v) is 10.8. The van der Waals surface area contributed by atoms with Crippen molar-refractivity contribution in [3.63, 3.8) is 0 Å². The lowest BCUT2D eigenvalue weighted by molar-refractivity contribution is 0.122. The molecule has 0 radical (unpaired) electrons. The summed E-state index contributed by atoms with van der Waals surface area (Å²) in [6, 6.07) is 8.73. The summed E-state index contributed by atoms with van der Waals surface area (Å²) in [5.74, 6) is 1.27. The van der Waals surface area contributed by atoms with Gasteiger partial charge in [-0.2, -0.15) is 4.31 Å². The molecule has 150 valence electrons. The zero-order valence-electron chi connectivity index (χ0n) is 15.8. The molecule has 3 heterocycles. The molecule has 2 saturated heterocycles. The van der Waals surface area contributed by atoms with E-state index in [0.717, 1.165) is 24.5 Å². The average Bonchev–Trinajstić information content (AvgIpc) is 3.19. The van der Waals surface area contributed by atoms with Crippen LogP contribution < -0.4 is 9.64 Å². The molecule has 2 aliphatic rings. The summed E-state index contributed by atoms with van der Waals surface area (Å²) in [5.41, 5.74) is 1.03. The fraction of sp³-hybridized carbons (Fsp3) is 0.474. The first kappa shape index (κ1) is 19.1. The fourth-order valence-electron chi connectivity index (χ4n) is 3.40. The van der Waals surface area contributed by atoms with Crippen LogP contribution in [0.3, 0.4) is 0 Å². The zero-order chi connectivity index (χ0) is 19.6. The summed E-state index contributed by atoms with van der Waals surface area (Å²) in [7, 11) is -3.51. The topological polar surface area (TPSA) is 84.9 Å². The standard InChI is InChI=1S/C19H24N4O4S/c1-15-2-4-17(5-3-15)28(24,25)23-7-6-16(13-23)27-19-12-18(20-14-21-19)22-8-10-26-11-9-22/h2-5,12,14,16H,6-11,13H2,1H3. The molecular weight excluding hydrogens is 380 g/mol. The van der Waals surface area contributed by atoms with Crippen molar-refractivity contribution in [2.75, 3.05) is 44.3 Å². The maximum Gasteiger partial charge on any atom is 0.243 e. The van der Waals surface area contributed by atoms with Gasteiger partial charge in [-0.1, -0.05) is 17.7 Å². The van der Waals surface area contributed by atoms with Crippen molar-refractivity contribution >= 4 is 15.8 Å². The van der Waals surface area contributed by atoms with Gasteiger partial charge in [0.2, 0.25) is 15.9 Å². The molecule has 0 N–H and O–H groups in total. The van der Waals surface area contributed by atoms with Crippen molar-refractivity contribution in [1.82, 2.24) is 14.3 Å². The molecule has 8 nitrogen and oxygen atoms in total. The van der Waals surface area contributed by atoms with E-state index < -0.39 is 10.0 Å². The van der Waals surface area contributed by atoms with E-state index in [4.69, 9.17) is 9.47 Å². The lowest BCUT2D eigenvalue weighted by Gasteiger charge is -2.27. The van der Waals surface area contributed by atoms with E-state index in [1.165, 1.54) is 10.6 Å². The largest absolute Gasteiger partial charge is 0.473 e. The van der Waals surface area contributed by atoms with Crippen LogP contribution in [0.25, 0.3) is 0 Å². The smallest absolute Gasteiger partial charge is 0.243 e. The molecular formula is C19H24N4O4S. The zero-order valence-corrected chi connectivity index (χ0v) is 16.6. The van der Waals surface area contributed by atoms with Crippen molar-refractivity contribution < 1.29 is 17.9 Å². The van der Waals surface area contributed by atoms with Gasteiger partial charge in [-0.05, 0) is 25.5 Å². The third kappa shape index (κ3) is 4.11. The number of nitrogens with zero attached hydrogens (tertiary/aromatic N) is 4. The molecule has 1 atom stereocenters.